The van der Waals surface area contributed by atoms with Crippen LogP contribution in [0.3, 0.4) is 0 Å². The SMILES string of the molecule is CCN(CC)CCN1CC(=O)NCC1C(=O)O. The van der Waals surface area contributed by atoms with Crippen LogP contribution in [0.2, 0.25) is 0 Å². The molecule has 0 aromatic carbocycles. The van der Waals surface area contributed by atoms with E-state index >= 15 is 0 Å². The van der Waals surface area contributed by atoms with Crippen LogP contribution in [0, 0.1) is 0 Å². The summed E-state index contributed by atoms with van der Waals surface area (Å²) in [6, 6.07) is -0.594. The van der Waals surface area contributed by atoms with E-state index in [2.05, 4.69) is 24.1 Å². The summed E-state index contributed by atoms with van der Waals surface area (Å²) in [7, 11) is 0. The van der Waals surface area contributed by atoms with Crippen LogP contribution >= 0.6 is 0 Å². The summed E-state index contributed by atoms with van der Waals surface area (Å²) in [5, 5.41) is 11.7. The van der Waals surface area contributed by atoms with Crippen LogP contribution in [-0.4, -0.2) is 72.1 Å². The molecule has 1 unspecified atom stereocenters. The Morgan fingerprint density at radius 3 is 2.71 bits per heavy atom. The lowest BCUT2D eigenvalue weighted by Crippen LogP contribution is -2.58. The van der Waals surface area contributed by atoms with Gasteiger partial charge in [-0.2, -0.15) is 0 Å². The fourth-order valence-electron chi connectivity index (χ4n) is 1.98. The van der Waals surface area contributed by atoms with E-state index in [9.17, 15) is 9.59 Å². The van der Waals surface area contributed by atoms with Gasteiger partial charge < -0.3 is 15.3 Å². The van der Waals surface area contributed by atoms with Gasteiger partial charge in [0.1, 0.15) is 6.04 Å². The Morgan fingerprint density at radius 2 is 2.18 bits per heavy atom. The van der Waals surface area contributed by atoms with Crippen molar-refractivity contribution >= 4 is 11.9 Å². The smallest absolute Gasteiger partial charge is 0.322 e. The highest BCUT2D eigenvalue weighted by atomic mass is 16.4. The highest BCUT2D eigenvalue weighted by Gasteiger charge is 2.31. The number of carboxylic acids is 1. The van der Waals surface area contributed by atoms with Crippen molar-refractivity contribution in [2.75, 3.05) is 39.3 Å². The number of hydrogen-bond acceptors (Lipinski definition) is 4. The summed E-state index contributed by atoms with van der Waals surface area (Å²) in [6.45, 7) is 7.81. The minimum absolute atomic E-state index is 0.0953. The van der Waals surface area contributed by atoms with Crippen molar-refractivity contribution in [2.24, 2.45) is 0 Å². The van der Waals surface area contributed by atoms with Gasteiger partial charge in [-0.25, -0.2) is 0 Å². The van der Waals surface area contributed by atoms with Gasteiger partial charge in [-0.15, -0.1) is 0 Å². The van der Waals surface area contributed by atoms with Crippen LogP contribution in [0.15, 0.2) is 0 Å². The molecule has 0 aliphatic carbocycles. The molecule has 1 fully saturated rings. The predicted octanol–water partition coefficient (Wildman–Crippen LogP) is -0.787. The molecule has 6 nitrogen and oxygen atoms in total. The van der Waals surface area contributed by atoms with Gasteiger partial charge in [0.05, 0.1) is 6.54 Å². The van der Waals surface area contributed by atoms with Gasteiger partial charge in [-0.1, -0.05) is 13.8 Å². The molecule has 0 radical (unpaired) electrons. The molecule has 2 N–H and O–H groups in total. The van der Waals surface area contributed by atoms with E-state index in [-0.39, 0.29) is 19.0 Å². The molecule has 0 aromatic heterocycles. The zero-order valence-electron chi connectivity index (χ0n) is 10.5. The highest BCUT2D eigenvalue weighted by molar-refractivity contribution is 5.83. The number of carbonyl (C=O) groups excluding carboxylic acids is 1. The number of nitrogens with zero attached hydrogens (tertiary/aromatic N) is 2. The van der Waals surface area contributed by atoms with Gasteiger partial charge >= 0.3 is 5.97 Å². The molecule has 1 heterocycles. The third kappa shape index (κ3) is 3.98. The average molecular weight is 243 g/mol. The fourth-order valence-corrected chi connectivity index (χ4v) is 1.98. The Labute approximate surface area is 102 Å². The third-order valence-corrected chi connectivity index (χ3v) is 3.16. The topological polar surface area (TPSA) is 72.9 Å². The summed E-state index contributed by atoms with van der Waals surface area (Å²) >= 11 is 0. The molecular weight excluding hydrogens is 222 g/mol. The first-order valence-electron chi connectivity index (χ1n) is 6.04. The minimum Gasteiger partial charge on any atom is -0.480 e. The van der Waals surface area contributed by atoms with Crippen molar-refractivity contribution in [1.82, 2.24) is 15.1 Å². The van der Waals surface area contributed by atoms with Crippen molar-refractivity contribution in [1.29, 1.82) is 0 Å². The van der Waals surface area contributed by atoms with Crippen LogP contribution in [0.4, 0.5) is 0 Å². The molecule has 1 aliphatic heterocycles. The van der Waals surface area contributed by atoms with Gasteiger partial charge in [-0.3, -0.25) is 14.5 Å². The molecule has 1 saturated heterocycles. The molecule has 6 heteroatoms. The van der Waals surface area contributed by atoms with Crippen LogP contribution in [0.25, 0.3) is 0 Å². The Kier molecular flexibility index (Phi) is 5.37. The Balaban J connectivity index is 2.51. The van der Waals surface area contributed by atoms with E-state index in [1.54, 1.807) is 4.90 Å². The molecule has 0 spiro atoms. The number of nitrogens with one attached hydrogen (secondary N) is 1. The first kappa shape index (κ1) is 13.9. The number of hydrogen-bond donors (Lipinski definition) is 2. The van der Waals surface area contributed by atoms with Gasteiger partial charge in [0, 0.05) is 19.6 Å². The van der Waals surface area contributed by atoms with E-state index in [0.717, 1.165) is 19.6 Å². The lowest BCUT2D eigenvalue weighted by Gasteiger charge is -2.34. The van der Waals surface area contributed by atoms with Crippen molar-refractivity contribution in [3.05, 3.63) is 0 Å². The molecule has 1 aliphatic rings. The molecule has 98 valence electrons. The van der Waals surface area contributed by atoms with Crippen molar-refractivity contribution in [3.63, 3.8) is 0 Å². The summed E-state index contributed by atoms with van der Waals surface area (Å²) in [5.74, 6) is -0.966. The van der Waals surface area contributed by atoms with Gasteiger partial charge in [0.15, 0.2) is 0 Å². The molecule has 0 aromatic rings. The number of carboxylic acid groups (broad SMARTS) is 1. The summed E-state index contributed by atoms with van der Waals surface area (Å²) in [6.07, 6.45) is 0. The number of amides is 1. The summed E-state index contributed by atoms with van der Waals surface area (Å²) < 4.78 is 0. The highest BCUT2D eigenvalue weighted by Crippen LogP contribution is 2.04. The number of carbonyl (C=O) groups is 2. The second-order valence-electron chi connectivity index (χ2n) is 4.16. The maximum absolute atomic E-state index is 11.3. The molecule has 0 saturated carbocycles. The number of rotatable bonds is 6. The maximum atomic E-state index is 11.3. The van der Waals surface area contributed by atoms with Crippen molar-refractivity contribution in [2.45, 2.75) is 19.9 Å². The van der Waals surface area contributed by atoms with E-state index in [0.29, 0.717) is 6.54 Å². The van der Waals surface area contributed by atoms with E-state index in [1.165, 1.54) is 0 Å². The van der Waals surface area contributed by atoms with Crippen molar-refractivity contribution in [3.8, 4) is 0 Å². The molecule has 1 rings (SSSR count). The average Bonchev–Trinajstić information content (AvgIpc) is 2.30. The Morgan fingerprint density at radius 1 is 1.53 bits per heavy atom. The zero-order valence-corrected chi connectivity index (χ0v) is 10.5. The third-order valence-electron chi connectivity index (χ3n) is 3.16. The Hall–Kier alpha value is -1.14. The number of aliphatic carboxylic acids is 1. The first-order chi connectivity index (χ1) is 8.08. The monoisotopic (exact) mass is 243 g/mol. The Bertz CT molecular complexity index is 279. The van der Waals surface area contributed by atoms with Crippen LogP contribution < -0.4 is 5.32 Å². The van der Waals surface area contributed by atoms with Gasteiger partial charge in [-0.05, 0) is 13.1 Å². The predicted molar refractivity (Wildman–Crippen MR) is 63.8 cm³/mol. The van der Waals surface area contributed by atoms with E-state index in [1.807, 2.05) is 0 Å². The van der Waals surface area contributed by atoms with Gasteiger partial charge in [0.25, 0.3) is 0 Å². The molecule has 0 bridgehead atoms. The fraction of sp³-hybridized carbons (Fsp3) is 0.818. The van der Waals surface area contributed by atoms with E-state index in [4.69, 9.17) is 5.11 Å². The minimum atomic E-state index is -0.871. The van der Waals surface area contributed by atoms with Crippen molar-refractivity contribution < 1.29 is 14.7 Å². The quantitative estimate of drug-likeness (QED) is 0.640. The van der Waals surface area contributed by atoms with Crippen LogP contribution in [-0.2, 0) is 9.59 Å². The standard InChI is InChI=1S/C11H21N3O3/c1-3-13(4-2)5-6-14-8-10(15)12-7-9(14)11(16)17/h9H,3-8H2,1-2H3,(H,12,15)(H,16,17). The second-order valence-corrected chi connectivity index (χ2v) is 4.16. The van der Waals surface area contributed by atoms with Gasteiger partial charge in [0.2, 0.25) is 5.91 Å². The zero-order chi connectivity index (χ0) is 12.8. The van der Waals surface area contributed by atoms with Crippen LogP contribution in [0.5, 0.6) is 0 Å². The lowest BCUT2D eigenvalue weighted by molar-refractivity contribution is -0.146. The first-order valence-corrected chi connectivity index (χ1v) is 6.04. The largest absolute Gasteiger partial charge is 0.480 e. The number of piperazine rings is 1. The number of likely N-dealkylation sites (N-methyl/N-ethyl adjacent to an activating group) is 1. The molecule has 17 heavy (non-hydrogen) atoms. The maximum Gasteiger partial charge on any atom is 0.322 e. The molecular formula is C11H21N3O3. The summed E-state index contributed by atoms with van der Waals surface area (Å²) in [4.78, 5) is 26.3. The normalized spacial score (nSPS) is 21.6. The lowest BCUT2D eigenvalue weighted by atomic mass is 10.2. The summed E-state index contributed by atoms with van der Waals surface area (Å²) in [5.41, 5.74) is 0. The van der Waals surface area contributed by atoms with E-state index < -0.39 is 12.0 Å². The second kappa shape index (κ2) is 6.56. The molecule has 1 amide bonds. The van der Waals surface area contributed by atoms with Crippen LogP contribution in [0.1, 0.15) is 13.8 Å². The molecule has 1 atom stereocenters.